The maximum Gasteiger partial charge on any atom is 0.141 e. The summed E-state index contributed by atoms with van der Waals surface area (Å²) in [6.07, 6.45) is 8.98. The Balaban J connectivity index is 1.90. The first kappa shape index (κ1) is 10.4. The number of hydrogen-bond acceptors (Lipinski definition) is 4. The number of imidazole rings is 1. The van der Waals surface area contributed by atoms with Crippen LogP contribution in [-0.4, -0.2) is 30.3 Å². The topological polar surface area (TPSA) is 71.8 Å². The average molecular weight is 252 g/mol. The molecule has 0 spiro atoms. The maximum absolute atomic E-state index is 4.69. The van der Waals surface area contributed by atoms with Crippen LogP contribution < -0.4 is 0 Å². The molecule has 4 rings (SSSR count). The molecular formula is C13H12N6. The molecule has 19 heavy (non-hydrogen) atoms. The molecule has 1 aliphatic rings. The minimum atomic E-state index is 0.848. The van der Waals surface area contributed by atoms with Crippen molar-refractivity contribution in [3.63, 3.8) is 0 Å². The van der Waals surface area contributed by atoms with Gasteiger partial charge in [0.15, 0.2) is 0 Å². The Hall–Kier alpha value is -2.50. The van der Waals surface area contributed by atoms with Crippen molar-refractivity contribution in [3.8, 4) is 0 Å². The Kier molecular flexibility index (Phi) is 2.05. The molecule has 4 heterocycles. The molecule has 6 heteroatoms. The minimum absolute atomic E-state index is 0.848. The highest BCUT2D eigenvalue weighted by Crippen LogP contribution is 2.21. The molecule has 0 aliphatic carbocycles. The second kappa shape index (κ2) is 3.74. The molecule has 3 aromatic rings. The number of fused-ring (bicyclic) bond motifs is 2. The lowest BCUT2D eigenvalue weighted by atomic mass is 10.1. The summed E-state index contributed by atoms with van der Waals surface area (Å²) in [5.74, 6) is 1.03. The second-order valence-electron chi connectivity index (χ2n) is 4.66. The molecule has 0 fully saturated rings. The number of aryl methyl sites for hydroxylation is 2. The van der Waals surface area contributed by atoms with Crippen LogP contribution in [0.4, 0.5) is 0 Å². The van der Waals surface area contributed by atoms with Crippen LogP contribution in [0.2, 0.25) is 0 Å². The van der Waals surface area contributed by atoms with Crippen LogP contribution in [0.5, 0.6) is 0 Å². The van der Waals surface area contributed by atoms with Gasteiger partial charge in [-0.1, -0.05) is 0 Å². The molecule has 0 atom stereocenters. The van der Waals surface area contributed by atoms with E-state index in [1.165, 1.54) is 0 Å². The predicted molar refractivity (Wildman–Crippen MR) is 71.1 cm³/mol. The summed E-state index contributed by atoms with van der Waals surface area (Å²) in [7, 11) is 0. The molecule has 6 nitrogen and oxygen atoms in total. The van der Waals surface area contributed by atoms with Gasteiger partial charge in [-0.05, 0) is 13.3 Å². The number of nitrogens with one attached hydrogen (secondary N) is 1. The number of aromatic nitrogens is 5. The third-order valence-corrected chi connectivity index (χ3v) is 3.45. The lowest BCUT2D eigenvalue weighted by molar-refractivity contribution is 0.715. The maximum atomic E-state index is 4.69. The van der Waals surface area contributed by atoms with Gasteiger partial charge in [0, 0.05) is 29.8 Å². The van der Waals surface area contributed by atoms with Crippen molar-refractivity contribution in [2.75, 3.05) is 0 Å². The van der Waals surface area contributed by atoms with Gasteiger partial charge in [-0.25, -0.2) is 19.6 Å². The Morgan fingerprint density at radius 1 is 1.21 bits per heavy atom. The van der Waals surface area contributed by atoms with E-state index in [4.69, 9.17) is 5.10 Å². The van der Waals surface area contributed by atoms with Crippen LogP contribution in [-0.2, 0) is 6.42 Å². The van der Waals surface area contributed by atoms with Crippen molar-refractivity contribution < 1.29 is 0 Å². The van der Waals surface area contributed by atoms with Gasteiger partial charge in [-0.2, -0.15) is 5.10 Å². The molecule has 0 aromatic carbocycles. The molecule has 0 unspecified atom stereocenters. The summed E-state index contributed by atoms with van der Waals surface area (Å²) in [4.78, 5) is 15.8. The Morgan fingerprint density at radius 2 is 2.16 bits per heavy atom. The van der Waals surface area contributed by atoms with Gasteiger partial charge >= 0.3 is 0 Å². The summed E-state index contributed by atoms with van der Waals surface area (Å²) in [6.45, 7) is 2.02. The molecule has 0 radical (unpaired) electrons. The van der Waals surface area contributed by atoms with Gasteiger partial charge in [-0.3, -0.25) is 0 Å². The lowest BCUT2D eigenvalue weighted by Crippen LogP contribution is -2.14. The van der Waals surface area contributed by atoms with Gasteiger partial charge in [-0.15, -0.1) is 0 Å². The van der Waals surface area contributed by atoms with Crippen LogP contribution in [0.1, 0.15) is 23.5 Å². The third kappa shape index (κ3) is 1.49. The number of rotatable bonds is 1. The van der Waals surface area contributed by atoms with Crippen molar-refractivity contribution in [2.24, 2.45) is 5.10 Å². The largest absolute Gasteiger partial charge is 0.345 e. The van der Waals surface area contributed by atoms with Crippen molar-refractivity contribution in [1.82, 2.24) is 24.6 Å². The summed E-state index contributed by atoms with van der Waals surface area (Å²) in [5.41, 5.74) is 4.04. The average Bonchev–Trinajstić information content (AvgIpc) is 3.03. The standard InChI is InChI=1S/C13H12N6/c1-8-4-15-12-3-2-11(18-19(8)12)9-6-16-13-10(9)5-14-7-17-13/h4-7H,2-3H2,1H3,(H,14,16,17). The van der Waals surface area contributed by atoms with E-state index in [0.29, 0.717) is 0 Å². The fourth-order valence-corrected chi connectivity index (χ4v) is 2.48. The zero-order chi connectivity index (χ0) is 12.8. The number of nitrogens with zero attached hydrogens (tertiary/aromatic N) is 5. The molecule has 3 aromatic heterocycles. The summed E-state index contributed by atoms with van der Waals surface area (Å²) < 4.78 is 1.92. The minimum Gasteiger partial charge on any atom is -0.345 e. The summed E-state index contributed by atoms with van der Waals surface area (Å²) >= 11 is 0. The number of H-pyrrole nitrogens is 1. The van der Waals surface area contributed by atoms with E-state index in [0.717, 1.165) is 46.7 Å². The van der Waals surface area contributed by atoms with Crippen LogP contribution in [0.15, 0.2) is 30.0 Å². The molecule has 1 N–H and O–H groups in total. The molecule has 0 amide bonds. The first-order valence-corrected chi connectivity index (χ1v) is 6.21. The van der Waals surface area contributed by atoms with E-state index in [1.54, 1.807) is 6.33 Å². The Morgan fingerprint density at radius 3 is 3.11 bits per heavy atom. The molecule has 0 saturated carbocycles. The smallest absolute Gasteiger partial charge is 0.141 e. The van der Waals surface area contributed by atoms with Gasteiger partial charge in [0.2, 0.25) is 0 Å². The monoisotopic (exact) mass is 252 g/mol. The van der Waals surface area contributed by atoms with Crippen LogP contribution >= 0.6 is 0 Å². The van der Waals surface area contributed by atoms with Gasteiger partial charge in [0.1, 0.15) is 17.8 Å². The van der Waals surface area contributed by atoms with Crippen molar-refractivity contribution in [2.45, 2.75) is 19.8 Å². The molecular weight excluding hydrogens is 240 g/mol. The fraction of sp³-hybridized carbons (Fsp3) is 0.231. The highest BCUT2D eigenvalue weighted by molar-refractivity contribution is 6.10. The fourth-order valence-electron chi connectivity index (χ4n) is 2.48. The normalized spacial score (nSPS) is 14.5. The van der Waals surface area contributed by atoms with Crippen LogP contribution in [0.3, 0.4) is 0 Å². The lowest BCUT2D eigenvalue weighted by Gasteiger charge is -2.13. The highest BCUT2D eigenvalue weighted by atomic mass is 15.4. The van der Waals surface area contributed by atoms with Crippen LogP contribution in [0.25, 0.3) is 11.0 Å². The molecule has 94 valence electrons. The first-order chi connectivity index (χ1) is 9.33. The van der Waals surface area contributed by atoms with Crippen molar-refractivity contribution in [1.29, 1.82) is 0 Å². The molecule has 0 bridgehead atoms. The molecule has 1 aliphatic heterocycles. The molecule has 0 saturated heterocycles. The zero-order valence-electron chi connectivity index (χ0n) is 10.5. The van der Waals surface area contributed by atoms with Crippen LogP contribution in [0, 0.1) is 6.92 Å². The van der Waals surface area contributed by atoms with E-state index in [-0.39, 0.29) is 0 Å². The Labute approximate surface area is 109 Å². The van der Waals surface area contributed by atoms with Crippen molar-refractivity contribution in [3.05, 3.63) is 42.0 Å². The summed E-state index contributed by atoms with van der Waals surface area (Å²) in [6, 6.07) is 0. The van der Waals surface area contributed by atoms with Crippen molar-refractivity contribution >= 4 is 16.7 Å². The second-order valence-corrected chi connectivity index (χ2v) is 4.66. The van der Waals surface area contributed by atoms with E-state index < -0.39 is 0 Å². The first-order valence-electron chi connectivity index (χ1n) is 6.21. The SMILES string of the molecule is Cc1cnc2n1N=C(c1c[nH]c3ncncc13)CC2. The number of hydrogen-bond donors (Lipinski definition) is 1. The highest BCUT2D eigenvalue weighted by Gasteiger charge is 2.18. The van der Waals surface area contributed by atoms with E-state index >= 15 is 0 Å². The summed E-state index contributed by atoms with van der Waals surface area (Å²) in [5, 5.41) is 5.71. The third-order valence-electron chi connectivity index (χ3n) is 3.45. The van der Waals surface area contributed by atoms with Gasteiger partial charge < -0.3 is 4.98 Å². The number of aromatic amines is 1. The van der Waals surface area contributed by atoms with E-state index in [9.17, 15) is 0 Å². The quantitative estimate of drug-likeness (QED) is 0.716. The predicted octanol–water partition coefficient (Wildman–Crippen LogP) is 1.66. The zero-order valence-corrected chi connectivity index (χ0v) is 10.5. The Bertz CT molecular complexity index is 794. The van der Waals surface area contributed by atoms with E-state index in [2.05, 4.69) is 19.9 Å². The van der Waals surface area contributed by atoms with E-state index in [1.807, 2.05) is 30.2 Å². The van der Waals surface area contributed by atoms with Gasteiger partial charge in [0.05, 0.1) is 17.6 Å². The van der Waals surface area contributed by atoms with Gasteiger partial charge in [0.25, 0.3) is 0 Å².